The van der Waals surface area contributed by atoms with Crippen LogP contribution in [0, 0.1) is 0 Å². The van der Waals surface area contributed by atoms with E-state index in [4.69, 9.17) is 0 Å². The highest BCUT2D eigenvalue weighted by Gasteiger charge is 2.14. The summed E-state index contributed by atoms with van der Waals surface area (Å²) in [5, 5.41) is 3.06. The van der Waals surface area contributed by atoms with E-state index in [9.17, 15) is 4.79 Å². The molecule has 72 valence electrons. The summed E-state index contributed by atoms with van der Waals surface area (Å²) in [6.45, 7) is 0.925. The van der Waals surface area contributed by atoms with E-state index in [2.05, 4.69) is 10.3 Å². The molecule has 0 aliphatic carbocycles. The second-order valence-electron chi connectivity index (χ2n) is 2.88. The molecule has 1 aliphatic heterocycles. The summed E-state index contributed by atoms with van der Waals surface area (Å²) in [5.74, 6) is 0.994. The Morgan fingerprint density at radius 3 is 3.14 bits per heavy atom. The molecule has 0 unspecified atom stereocenters. The van der Waals surface area contributed by atoms with Gasteiger partial charge in [-0.25, -0.2) is 0 Å². The van der Waals surface area contributed by atoms with Crippen LogP contribution >= 0.6 is 11.8 Å². The van der Waals surface area contributed by atoms with Crippen molar-refractivity contribution >= 4 is 17.5 Å². The maximum Gasteiger partial charge on any atom is 0.202 e. The summed E-state index contributed by atoms with van der Waals surface area (Å²) >= 11 is 1.59. The van der Waals surface area contributed by atoms with Crippen LogP contribution in [0.4, 0.5) is 0 Å². The van der Waals surface area contributed by atoms with E-state index in [0.29, 0.717) is 5.56 Å². The molecule has 0 atom stereocenters. The molecule has 1 aromatic rings. The zero-order chi connectivity index (χ0) is 9.80. The Balaban J connectivity index is 2.20. The van der Waals surface area contributed by atoms with Gasteiger partial charge in [-0.2, -0.15) is 0 Å². The van der Waals surface area contributed by atoms with Crippen molar-refractivity contribution in [1.29, 1.82) is 0 Å². The minimum absolute atomic E-state index is 0.0512. The quantitative estimate of drug-likeness (QED) is 0.743. The van der Waals surface area contributed by atoms with Gasteiger partial charge in [0, 0.05) is 36.5 Å². The number of ketones is 1. The van der Waals surface area contributed by atoms with Gasteiger partial charge < -0.3 is 5.32 Å². The third-order valence-corrected chi connectivity index (χ3v) is 2.91. The predicted molar refractivity (Wildman–Crippen MR) is 57.1 cm³/mol. The zero-order valence-corrected chi connectivity index (χ0v) is 8.38. The van der Waals surface area contributed by atoms with Crippen molar-refractivity contribution in [3.05, 3.63) is 41.2 Å². The van der Waals surface area contributed by atoms with Crippen LogP contribution in [0.1, 0.15) is 10.4 Å². The van der Waals surface area contributed by atoms with Crippen LogP contribution in [0.25, 0.3) is 0 Å². The molecule has 0 spiro atoms. The molecule has 2 rings (SSSR count). The lowest BCUT2D eigenvalue weighted by Crippen LogP contribution is -2.18. The third kappa shape index (κ3) is 1.96. The lowest BCUT2D eigenvalue weighted by atomic mass is 10.2. The van der Waals surface area contributed by atoms with E-state index < -0.39 is 0 Å². The van der Waals surface area contributed by atoms with E-state index in [1.54, 1.807) is 42.5 Å². The van der Waals surface area contributed by atoms with Gasteiger partial charge >= 0.3 is 0 Å². The molecule has 0 bridgehead atoms. The highest BCUT2D eigenvalue weighted by molar-refractivity contribution is 8.04. The average Bonchev–Trinajstić information content (AvgIpc) is 2.30. The number of hydrogen-bond donors (Lipinski definition) is 1. The highest BCUT2D eigenvalue weighted by atomic mass is 32.2. The molecule has 0 saturated heterocycles. The van der Waals surface area contributed by atoms with E-state index in [0.717, 1.165) is 17.2 Å². The summed E-state index contributed by atoms with van der Waals surface area (Å²) < 4.78 is 0. The Kier molecular flexibility index (Phi) is 2.84. The number of hydrogen-bond acceptors (Lipinski definition) is 4. The van der Waals surface area contributed by atoms with Crippen LogP contribution in [0.5, 0.6) is 0 Å². The Morgan fingerprint density at radius 2 is 2.50 bits per heavy atom. The van der Waals surface area contributed by atoms with Gasteiger partial charge in [-0.3, -0.25) is 9.78 Å². The Bertz CT molecular complexity index is 362. The Labute approximate surface area is 86.6 Å². The first kappa shape index (κ1) is 9.27. The smallest absolute Gasteiger partial charge is 0.202 e. The summed E-state index contributed by atoms with van der Waals surface area (Å²) in [7, 11) is 0. The molecule has 4 heteroatoms. The summed E-state index contributed by atoms with van der Waals surface area (Å²) in [5.41, 5.74) is 0.648. The van der Waals surface area contributed by atoms with E-state index >= 15 is 0 Å². The molecule has 0 aromatic carbocycles. The number of thioether (sulfide) groups is 1. The van der Waals surface area contributed by atoms with Gasteiger partial charge in [0.05, 0.1) is 4.91 Å². The Morgan fingerprint density at radius 1 is 1.57 bits per heavy atom. The maximum atomic E-state index is 11.8. The second kappa shape index (κ2) is 4.28. The first-order chi connectivity index (χ1) is 6.88. The van der Waals surface area contributed by atoms with Gasteiger partial charge in [0.2, 0.25) is 5.78 Å². The third-order valence-electron chi connectivity index (χ3n) is 1.88. The number of nitrogens with one attached hydrogen (secondary N) is 1. The van der Waals surface area contributed by atoms with Crippen molar-refractivity contribution in [3.63, 3.8) is 0 Å². The van der Waals surface area contributed by atoms with Crippen LogP contribution < -0.4 is 5.32 Å². The lowest BCUT2D eigenvalue weighted by Gasteiger charge is -2.12. The molecule has 0 saturated carbocycles. The van der Waals surface area contributed by atoms with Crippen LogP contribution in [-0.4, -0.2) is 23.1 Å². The number of carbonyl (C=O) groups is 1. The highest BCUT2D eigenvalue weighted by Crippen LogP contribution is 2.21. The minimum atomic E-state index is 0.0512. The van der Waals surface area contributed by atoms with Gasteiger partial charge in [-0.1, -0.05) is 0 Å². The number of Topliss-reactive ketones (excluding diaryl/α,β-unsaturated/α-hetero) is 1. The number of nitrogens with zero attached hydrogens (tertiary/aromatic N) is 1. The molecule has 14 heavy (non-hydrogen) atoms. The topological polar surface area (TPSA) is 42.0 Å². The Hall–Kier alpha value is -1.29. The van der Waals surface area contributed by atoms with Crippen LogP contribution in [0.2, 0.25) is 0 Å². The van der Waals surface area contributed by atoms with Crippen LogP contribution in [-0.2, 0) is 0 Å². The van der Waals surface area contributed by atoms with Gasteiger partial charge in [0.15, 0.2) is 0 Å². The van der Waals surface area contributed by atoms with Gasteiger partial charge in [0.25, 0.3) is 0 Å². The normalized spacial score (nSPS) is 15.6. The lowest BCUT2D eigenvalue weighted by molar-refractivity contribution is 0.104. The number of pyridine rings is 1. The molecule has 2 heterocycles. The fourth-order valence-corrected chi connectivity index (χ4v) is 2.05. The summed E-state index contributed by atoms with van der Waals surface area (Å²) in [6, 6.07) is 3.56. The van der Waals surface area contributed by atoms with Gasteiger partial charge in [-0.05, 0) is 12.1 Å². The van der Waals surface area contributed by atoms with Crippen LogP contribution in [0.15, 0.2) is 35.6 Å². The van der Waals surface area contributed by atoms with Crippen LogP contribution in [0.3, 0.4) is 0 Å². The molecule has 1 aliphatic rings. The number of aromatic nitrogens is 1. The molecule has 1 aromatic heterocycles. The molecular formula is C10H10N2OS. The average molecular weight is 206 g/mol. The number of allylic oxidation sites excluding steroid dienone is 1. The number of rotatable bonds is 2. The van der Waals surface area contributed by atoms with Crippen molar-refractivity contribution in [2.24, 2.45) is 0 Å². The van der Waals surface area contributed by atoms with Gasteiger partial charge in [-0.15, -0.1) is 11.8 Å². The van der Waals surface area contributed by atoms with Crippen molar-refractivity contribution in [1.82, 2.24) is 10.3 Å². The molecule has 0 amide bonds. The van der Waals surface area contributed by atoms with Crippen molar-refractivity contribution in [3.8, 4) is 0 Å². The van der Waals surface area contributed by atoms with Crippen molar-refractivity contribution in [2.45, 2.75) is 0 Å². The SMILES string of the molecule is O=C(C1=CNCCS1)c1cccnc1. The first-order valence-corrected chi connectivity index (χ1v) is 5.37. The van der Waals surface area contributed by atoms with Crippen molar-refractivity contribution < 1.29 is 4.79 Å². The predicted octanol–water partition coefficient (Wildman–Crippen LogP) is 1.44. The summed E-state index contributed by atoms with van der Waals surface area (Å²) in [6.07, 6.45) is 5.04. The largest absolute Gasteiger partial charge is 0.389 e. The summed E-state index contributed by atoms with van der Waals surface area (Å²) in [4.78, 5) is 16.5. The molecule has 0 radical (unpaired) electrons. The van der Waals surface area contributed by atoms with Crippen molar-refractivity contribution in [2.75, 3.05) is 12.3 Å². The van der Waals surface area contributed by atoms with Gasteiger partial charge in [0.1, 0.15) is 0 Å². The van der Waals surface area contributed by atoms with E-state index in [1.807, 2.05) is 0 Å². The van der Waals surface area contributed by atoms with E-state index in [-0.39, 0.29) is 5.78 Å². The second-order valence-corrected chi connectivity index (χ2v) is 4.02. The minimum Gasteiger partial charge on any atom is -0.389 e. The fraction of sp³-hybridized carbons (Fsp3) is 0.200. The van der Waals surface area contributed by atoms with E-state index in [1.165, 1.54) is 0 Å². The molecule has 3 nitrogen and oxygen atoms in total. The standard InChI is InChI=1S/C10H10N2OS/c13-10(8-2-1-3-11-6-8)9-7-12-4-5-14-9/h1-3,6-7,12H,4-5H2. The number of carbonyl (C=O) groups excluding carboxylic acids is 1. The maximum absolute atomic E-state index is 11.8. The molecule has 1 N–H and O–H groups in total. The zero-order valence-electron chi connectivity index (χ0n) is 7.56. The monoisotopic (exact) mass is 206 g/mol. The molecular weight excluding hydrogens is 196 g/mol. The molecule has 0 fully saturated rings. The first-order valence-electron chi connectivity index (χ1n) is 4.39. The fourth-order valence-electron chi connectivity index (χ4n) is 1.20.